The minimum atomic E-state index is 0.641. The second kappa shape index (κ2) is 11.1. The SMILES string of the molecule is CCCCCCCC(CCC)Nc1ccc(SC)cc1. The lowest BCUT2D eigenvalue weighted by Crippen LogP contribution is -2.19. The van der Waals surface area contributed by atoms with Gasteiger partial charge in [-0.25, -0.2) is 0 Å². The number of anilines is 1. The highest BCUT2D eigenvalue weighted by molar-refractivity contribution is 7.98. The topological polar surface area (TPSA) is 12.0 Å². The molecule has 1 nitrogen and oxygen atoms in total. The molecule has 0 aromatic heterocycles. The van der Waals surface area contributed by atoms with Crippen LogP contribution < -0.4 is 5.32 Å². The van der Waals surface area contributed by atoms with E-state index >= 15 is 0 Å². The zero-order valence-electron chi connectivity index (χ0n) is 13.5. The van der Waals surface area contributed by atoms with E-state index in [1.807, 2.05) is 0 Å². The lowest BCUT2D eigenvalue weighted by molar-refractivity contribution is 0.534. The van der Waals surface area contributed by atoms with Gasteiger partial charge < -0.3 is 5.32 Å². The summed E-state index contributed by atoms with van der Waals surface area (Å²) >= 11 is 1.80. The Kier molecular flexibility index (Phi) is 9.65. The molecule has 1 N–H and O–H groups in total. The monoisotopic (exact) mass is 293 g/mol. The molecule has 0 saturated carbocycles. The molecule has 1 rings (SSSR count). The fourth-order valence-electron chi connectivity index (χ4n) is 2.55. The average molecular weight is 294 g/mol. The van der Waals surface area contributed by atoms with Gasteiger partial charge in [-0.05, 0) is 43.4 Å². The highest BCUT2D eigenvalue weighted by Crippen LogP contribution is 2.20. The van der Waals surface area contributed by atoms with Gasteiger partial charge in [-0.1, -0.05) is 52.4 Å². The van der Waals surface area contributed by atoms with Gasteiger partial charge in [0.2, 0.25) is 0 Å². The molecule has 1 aromatic carbocycles. The van der Waals surface area contributed by atoms with Crippen LogP contribution in [0.4, 0.5) is 5.69 Å². The Morgan fingerprint density at radius 1 is 0.900 bits per heavy atom. The van der Waals surface area contributed by atoms with Crippen molar-refractivity contribution in [3.8, 4) is 0 Å². The zero-order chi connectivity index (χ0) is 14.6. The molecule has 0 spiro atoms. The van der Waals surface area contributed by atoms with Crippen molar-refractivity contribution < 1.29 is 0 Å². The number of benzene rings is 1. The van der Waals surface area contributed by atoms with Crippen molar-refractivity contribution in [1.29, 1.82) is 0 Å². The Labute approximate surface area is 129 Å². The molecule has 20 heavy (non-hydrogen) atoms. The molecule has 0 aliphatic heterocycles. The third-order valence-corrected chi connectivity index (χ3v) is 4.50. The Hall–Kier alpha value is -0.630. The first kappa shape index (κ1) is 17.4. The number of thioether (sulfide) groups is 1. The molecule has 0 bridgehead atoms. The maximum absolute atomic E-state index is 3.71. The van der Waals surface area contributed by atoms with Gasteiger partial charge in [0, 0.05) is 16.6 Å². The van der Waals surface area contributed by atoms with E-state index in [-0.39, 0.29) is 0 Å². The van der Waals surface area contributed by atoms with Crippen molar-refractivity contribution in [2.45, 2.75) is 76.2 Å². The Balaban J connectivity index is 2.36. The lowest BCUT2D eigenvalue weighted by atomic mass is 10.0. The van der Waals surface area contributed by atoms with Crippen LogP contribution in [0.1, 0.15) is 65.2 Å². The van der Waals surface area contributed by atoms with Gasteiger partial charge in [0.15, 0.2) is 0 Å². The molecule has 114 valence electrons. The number of nitrogens with one attached hydrogen (secondary N) is 1. The molecule has 0 aliphatic rings. The van der Waals surface area contributed by atoms with E-state index in [4.69, 9.17) is 0 Å². The highest BCUT2D eigenvalue weighted by Gasteiger charge is 2.07. The van der Waals surface area contributed by atoms with E-state index in [1.165, 1.54) is 61.9 Å². The summed E-state index contributed by atoms with van der Waals surface area (Å²) in [7, 11) is 0. The molecule has 0 heterocycles. The van der Waals surface area contributed by atoms with Crippen LogP contribution in [0, 0.1) is 0 Å². The third kappa shape index (κ3) is 7.23. The van der Waals surface area contributed by atoms with Crippen LogP contribution in [-0.2, 0) is 0 Å². The first-order chi connectivity index (χ1) is 9.80. The summed E-state index contributed by atoms with van der Waals surface area (Å²) in [5.41, 5.74) is 1.27. The molecule has 2 heteroatoms. The lowest BCUT2D eigenvalue weighted by Gasteiger charge is -2.19. The van der Waals surface area contributed by atoms with Crippen molar-refractivity contribution in [3.63, 3.8) is 0 Å². The van der Waals surface area contributed by atoms with E-state index < -0.39 is 0 Å². The largest absolute Gasteiger partial charge is 0.382 e. The molecule has 0 saturated heterocycles. The molecule has 0 radical (unpaired) electrons. The van der Waals surface area contributed by atoms with Gasteiger partial charge in [0.25, 0.3) is 0 Å². The second-order valence-electron chi connectivity index (χ2n) is 5.56. The predicted octanol–water partition coefficient (Wildman–Crippen LogP) is 6.35. The smallest absolute Gasteiger partial charge is 0.0343 e. The van der Waals surface area contributed by atoms with Crippen molar-refractivity contribution in [3.05, 3.63) is 24.3 Å². The van der Waals surface area contributed by atoms with Crippen LogP contribution in [0.2, 0.25) is 0 Å². The van der Waals surface area contributed by atoms with Crippen LogP contribution in [0.3, 0.4) is 0 Å². The van der Waals surface area contributed by atoms with E-state index in [0.717, 1.165) is 0 Å². The van der Waals surface area contributed by atoms with Crippen LogP contribution in [0.15, 0.2) is 29.2 Å². The normalized spacial score (nSPS) is 12.3. The van der Waals surface area contributed by atoms with Crippen LogP contribution in [0.5, 0.6) is 0 Å². The van der Waals surface area contributed by atoms with Crippen LogP contribution in [-0.4, -0.2) is 12.3 Å². The van der Waals surface area contributed by atoms with Gasteiger partial charge in [0.1, 0.15) is 0 Å². The summed E-state index contributed by atoms with van der Waals surface area (Å²) in [5, 5.41) is 3.71. The van der Waals surface area contributed by atoms with Gasteiger partial charge in [-0.3, -0.25) is 0 Å². The van der Waals surface area contributed by atoms with Crippen LogP contribution in [0.25, 0.3) is 0 Å². The second-order valence-corrected chi connectivity index (χ2v) is 6.44. The Bertz CT molecular complexity index is 334. The third-order valence-electron chi connectivity index (χ3n) is 3.75. The van der Waals surface area contributed by atoms with Crippen LogP contribution >= 0.6 is 11.8 Å². The summed E-state index contributed by atoms with van der Waals surface area (Å²) in [6.07, 6.45) is 12.8. The van der Waals surface area contributed by atoms with E-state index in [2.05, 4.69) is 49.7 Å². The standard InChI is InChI=1S/C18H31NS/c1-4-6-7-8-9-11-16(10-5-2)19-17-12-14-18(20-3)15-13-17/h12-16,19H,4-11H2,1-3H3. The zero-order valence-corrected chi connectivity index (χ0v) is 14.3. The molecule has 1 aromatic rings. The van der Waals surface area contributed by atoms with Gasteiger partial charge in [-0.2, -0.15) is 0 Å². The van der Waals surface area contributed by atoms with Crippen molar-refractivity contribution in [1.82, 2.24) is 0 Å². The van der Waals surface area contributed by atoms with E-state index in [9.17, 15) is 0 Å². The maximum Gasteiger partial charge on any atom is 0.0343 e. The molecular formula is C18H31NS. The molecule has 1 unspecified atom stereocenters. The quantitative estimate of drug-likeness (QED) is 0.377. The van der Waals surface area contributed by atoms with Crippen molar-refractivity contribution in [2.24, 2.45) is 0 Å². The molecule has 1 atom stereocenters. The molecule has 0 aliphatic carbocycles. The fraction of sp³-hybridized carbons (Fsp3) is 0.667. The minimum absolute atomic E-state index is 0.641. The Morgan fingerprint density at radius 2 is 1.60 bits per heavy atom. The summed E-state index contributed by atoms with van der Waals surface area (Å²) in [6, 6.07) is 9.48. The Morgan fingerprint density at radius 3 is 2.20 bits per heavy atom. The van der Waals surface area contributed by atoms with Crippen molar-refractivity contribution >= 4 is 17.4 Å². The first-order valence-electron chi connectivity index (χ1n) is 8.20. The highest BCUT2D eigenvalue weighted by atomic mass is 32.2. The number of hydrogen-bond acceptors (Lipinski definition) is 2. The predicted molar refractivity (Wildman–Crippen MR) is 93.9 cm³/mol. The van der Waals surface area contributed by atoms with Gasteiger partial charge in [-0.15, -0.1) is 11.8 Å². The van der Waals surface area contributed by atoms with Gasteiger partial charge >= 0.3 is 0 Å². The first-order valence-corrected chi connectivity index (χ1v) is 9.43. The van der Waals surface area contributed by atoms with Crippen molar-refractivity contribution in [2.75, 3.05) is 11.6 Å². The molecular weight excluding hydrogens is 262 g/mol. The molecule has 0 fully saturated rings. The summed E-state index contributed by atoms with van der Waals surface area (Å²) in [5.74, 6) is 0. The average Bonchev–Trinajstić information content (AvgIpc) is 2.48. The summed E-state index contributed by atoms with van der Waals surface area (Å²) < 4.78 is 0. The fourth-order valence-corrected chi connectivity index (χ4v) is 2.96. The summed E-state index contributed by atoms with van der Waals surface area (Å²) in [6.45, 7) is 4.56. The van der Waals surface area contributed by atoms with E-state index in [1.54, 1.807) is 11.8 Å². The van der Waals surface area contributed by atoms with E-state index in [0.29, 0.717) is 6.04 Å². The number of hydrogen-bond donors (Lipinski definition) is 1. The number of rotatable bonds is 11. The maximum atomic E-state index is 3.71. The summed E-state index contributed by atoms with van der Waals surface area (Å²) in [4.78, 5) is 1.34. The van der Waals surface area contributed by atoms with Gasteiger partial charge in [0.05, 0.1) is 0 Å². The molecule has 0 amide bonds. The number of unbranched alkanes of at least 4 members (excludes halogenated alkanes) is 4. The minimum Gasteiger partial charge on any atom is -0.382 e.